The normalized spacial score (nSPS) is 11.7. The lowest BCUT2D eigenvalue weighted by Gasteiger charge is -2.20. The molecule has 0 saturated heterocycles. The third kappa shape index (κ3) is 3.05. The molecule has 0 aliphatic heterocycles. The minimum Gasteiger partial charge on any atom is -0.326 e. The molecule has 23 heavy (non-hydrogen) atoms. The number of guanidine groups is 1. The van der Waals surface area contributed by atoms with Gasteiger partial charge in [-0.25, -0.2) is 4.98 Å². The maximum absolute atomic E-state index is 4.77. The van der Waals surface area contributed by atoms with Gasteiger partial charge in [0, 0.05) is 19.8 Å². The van der Waals surface area contributed by atoms with Crippen molar-refractivity contribution in [2.45, 2.75) is 13.8 Å². The second kappa shape index (κ2) is 6.38. The fraction of sp³-hybridized carbons (Fsp3) is 0.222. The highest BCUT2D eigenvalue weighted by molar-refractivity contribution is 7.22. The van der Waals surface area contributed by atoms with Gasteiger partial charge >= 0.3 is 0 Å². The number of benzene rings is 2. The Morgan fingerprint density at radius 3 is 2.52 bits per heavy atom. The van der Waals surface area contributed by atoms with Gasteiger partial charge in [-0.15, -0.1) is 0 Å². The van der Waals surface area contributed by atoms with Crippen molar-refractivity contribution in [3.05, 3.63) is 53.6 Å². The number of para-hydroxylation sites is 2. The molecule has 0 fully saturated rings. The van der Waals surface area contributed by atoms with Crippen LogP contribution in [0.1, 0.15) is 11.1 Å². The Bertz CT molecular complexity index is 866. The average Bonchev–Trinajstić information content (AvgIpc) is 2.99. The van der Waals surface area contributed by atoms with Gasteiger partial charge < -0.3 is 5.32 Å². The van der Waals surface area contributed by atoms with Gasteiger partial charge in [0.1, 0.15) is 0 Å². The van der Waals surface area contributed by atoms with E-state index in [2.05, 4.69) is 54.5 Å². The Balaban J connectivity index is 1.91. The minimum absolute atomic E-state index is 0.774. The van der Waals surface area contributed by atoms with Crippen LogP contribution in [-0.4, -0.2) is 25.0 Å². The molecule has 0 unspecified atom stereocenters. The molecule has 0 spiro atoms. The van der Waals surface area contributed by atoms with Gasteiger partial charge in [-0.1, -0.05) is 41.7 Å². The standard InChI is InChI=1S/C18H20N4S/c1-12-8-5-6-10-14(12)20-17(19-3)22(4)18-21-16-13(2)9-7-11-15(16)23-18/h5-11H,1-4H3,(H,19,20). The van der Waals surface area contributed by atoms with Crippen molar-refractivity contribution in [2.24, 2.45) is 4.99 Å². The molecule has 118 valence electrons. The van der Waals surface area contributed by atoms with E-state index in [4.69, 9.17) is 4.98 Å². The predicted molar refractivity (Wildman–Crippen MR) is 101 cm³/mol. The first-order chi connectivity index (χ1) is 11.1. The Morgan fingerprint density at radius 1 is 1.09 bits per heavy atom. The summed E-state index contributed by atoms with van der Waals surface area (Å²) in [6, 6.07) is 14.4. The van der Waals surface area contributed by atoms with E-state index in [9.17, 15) is 0 Å². The number of hydrogen-bond donors (Lipinski definition) is 1. The number of fused-ring (bicyclic) bond motifs is 1. The van der Waals surface area contributed by atoms with E-state index in [0.717, 1.165) is 22.3 Å². The molecule has 5 heteroatoms. The van der Waals surface area contributed by atoms with Crippen LogP contribution in [0.2, 0.25) is 0 Å². The number of hydrogen-bond acceptors (Lipinski definition) is 3. The van der Waals surface area contributed by atoms with Crippen LogP contribution >= 0.6 is 11.3 Å². The monoisotopic (exact) mass is 324 g/mol. The zero-order valence-corrected chi connectivity index (χ0v) is 14.6. The van der Waals surface area contributed by atoms with Crippen LogP contribution in [0.4, 0.5) is 10.8 Å². The van der Waals surface area contributed by atoms with Gasteiger partial charge in [-0.3, -0.25) is 9.89 Å². The van der Waals surface area contributed by atoms with Crippen LogP contribution < -0.4 is 10.2 Å². The Morgan fingerprint density at radius 2 is 1.83 bits per heavy atom. The fourth-order valence-electron chi connectivity index (χ4n) is 2.43. The summed E-state index contributed by atoms with van der Waals surface area (Å²) in [6.45, 7) is 4.17. The van der Waals surface area contributed by atoms with Gasteiger partial charge in [-0.05, 0) is 37.1 Å². The third-order valence-electron chi connectivity index (χ3n) is 3.82. The minimum atomic E-state index is 0.774. The summed E-state index contributed by atoms with van der Waals surface area (Å²) in [5.74, 6) is 0.774. The summed E-state index contributed by atoms with van der Waals surface area (Å²) >= 11 is 1.67. The van der Waals surface area contributed by atoms with Crippen LogP contribution in [0.15, 0.2) is 47.5 Å². The molecule has 0 aliphatic rings. The van der Waals surface area contributed by atoms with Crippen LogP contribution in [0.25, 0.3) is 10.2 Å². The van der Waals surface area contributed by atoms with Crippen LogP contribution in [-0.2, 0) is 0 Å². The summed E-state index contributed by atoms with van der Waals surface area (Å²) in [6.07, 6.45) is 0. The van der Waals surface area contributed by atoms with Crippen molar-refractivity contribution in [1.29, 1.82) is 0 Å². The zero-order chi connectivity index (χ0) is 16.4. The number of aromatic nitrogens is 1. The summed E-state index contributed by atoms with van der Waals surface area (Å²) in [5.41, 5.74) is 4.49. The molecule has 0 radical (unpaired) electrons. The van der Waals surface area contributed by atoms with E-state index in [1.807, 2.05) is 24.1 Å². The topological polar surface area (TPSA) is 40.5 Å². The lowest BCUT2D eigenvalue weighted by Crippen LogP contribution is -2.33. The quantitative estimate of drug-likeness (QED) is 0.559. The van der Waals surface area contributed by atoms with E-state index in [1.54, 1.807) is 18.4 Å². The first kappa shape index (κ1) is 15.5. The highest BCUT2D eigenvalue weighted by Crippen LogP contribution is 2.30. The third-order valence-corrected chi connectivity index (χ3v) is 4.91. The number of rotatable bonds is 2. The van der Waals surface area contributed by atoms with Crippen molar-refractivity contribution in [2.75, 3.05) is 24.3 Å². The number of anilines is 2. The van der Waals surface area contributed by atoms with Gasteiger partial charge in [0.05, 0.1) is 10.2 Å². The smallest absolute Gasteiger partial charge is 0.204 e. The highest BCUT2D eigenvalue weighted by Gasteiger charge is 2.15. The highest BCUT2D eigenvalue weighted by atomic mass is 32.1. The van der Waals surface area contributed by atoms with E-state index < -0.39 is 0 Å². The maximum Gasteiger partial charge on any atom is 0.204 e. The molecule has 0 atom stereocenters. The SMILES string of the molecule is CN=C(Nc1ccccc1C)N(C)c1nc2c(C)cccc2s1. The first-order valence-electron chi connectivity index (χ1n) is 7.49. The molecule has 2 aromatic carbocycles. The second-order valence-corrected chi connectivity index (χ2v) is 6.47. The fourth-order valence-corrected chi connectivity index (χ4v) is 3.44. The van der Waals surface area contributed by atoms with Gasteiger partial charge in [-0.2, -0.15) is 0 Å². The molecule has 3 aromatic rings. The number of aryl methyl sites for hydroxylation is 2. The lowest BCUT2D eigenvalue weighted by atomic mass is 10.2. The average molecular weight is 324 g/mol. The number of thiazole rings is 1. The molecule has 4 nitrogen and oxygen atoms in total. The van der Waals surface area contributed by atoms with E-state index in [1.165, 1.54) is 15.8 Å². The van der Waals surface area contributed by atoms with Crippen LogP contribution in [0.5, 0.6) is 0 Å². The van der Waals surface area contributed by atoms with Crippen molar-refractivity contribution in [3.63, 3.8) is 0 Å². The molecule has 0 aliphatic carbocycles. The summed E-state index contributed by atoms with van der Waals surface area (Å²) in [7, 11) is 3.77. The lowest BCUT2D eigenvalue weighted by molar-refractivity contribution is 1.19. The first-order valence-corrected chi connectivity index (χ1v) is 8.31. The van der Waals surface area contributed by atoms with E-state index in [0.29, 0.717) is 0 Å². The molecule has 3 rings (SSSR count). The molecular weight excluding hydrogens is 304 g/mol. The van der Waals surface area contributed by atoms with Crippen LogP contribution in [0, 0.1) is 13.8 Å². The Kier molecular flexibility index (Phi) is 4.30. The number of nitrogens with one attached hydrogen (secondary N) is 1. The molecular formula is C18H20N4S. The Labute approximate surface area is 140 Å². The number of nitrogens with zero attached hydrogens (tertiary/aromatic N) is 3. The molecule has 0 saturated carbocycles. The van der Waals surface area contributed by atoms with Gasteiger partial charge in [0.15, 0.2) is 5.13 Å². The van der Waals surface area contributed by atoms with Gasteiger partial charge in [0.25, 0.3) is 0 Å². The van der Waals surface area contributed by atoms with Crippen molar-refractivity contribution < 1.29 is 0 Å². The molecule has 1 heterocycles. The molecule has 1 N–H and O–H groups in total. The largest absolute Gasteiger partial charge is 0.326 e. The summed E-state index contributed by atoms with van der Waals surface area (Å²) in [4.78, 5) is 11.2. The Hall–Kier alpha value is -2.40. The van der Waals surface area contributed by atoms with Crippen molar-refractivity contribution in [1.82, 2.24) is 4.98 Å². The number of aliphatic imine (C=N–C) groups is 1. The molecule has 1 aromatic heterocycles. The van der Waals surface area contributed by atoms with E-state index >= 15 is 0 Å². The summed E-state index contributed by atoms with van der Waals surface area (Å²) in [5, 5.41) is 4.32. The van der Waals surface area contributed by atoms with Crippen molar-refractivity contribution in [3.8, 4) is 0 Å². The van der Waals surface area contributed by atoms with Crippen LogP contribution in [0.3, 0.4) is 0 Å². The second-order valence-electron chi connectivity index (χ2n) is 5.46. The molecule has 0 amide bonds. The van der Waals surface area contributed by atoms with Gasteiger partial charge in [0.2, 0.25) is 5.96 Å². The van der Waals surface area contributed by atoms with Crippen molar-refractivity contribution >= 4 is 38.3 Å². The molecule has 0 bridgehead atoms. The zero-order valence-electron chi connectivity index (χ0n) is 13.8. The van der Waals surface area contributed by atoms with E-state index in [-0.39, 0.29) is 0 Å². The maximum atomic E-state index is 4.77. The predicted octanol–water partition coefficient (Wildman–Crippen LogP) is 4.45. The summed E-state index contributed by atoms with van der Waals surface area (Å²) < 4.78 is 1.19.